The second-order valence-electron chi connectivity index (χ2n) is 4.25. The van der Waals surface area contributed by atoms with Gasteiger partial charge >= 0.3 is 0 Å². The number of carbonyl (C=O) groups excluding carboxylic acids is 1. The fourth-order valence-electron chi connectivity index (χ4n) is 2.16. The molecule has 2 rings (SSSR count). The SMILES string of the molecule is COc1cccc(Cl)c1C(Cl)C(=O)N1CCCC1. The van der Waals surface area contributed by atoms with Crippen LogP contribution >= 0.6 is 23.2 Å². The number of carbonyl (C=O) groups is 1. The molecule has 1 atom stereocenters. The number of hydrogen-bond donors (Lipinski definition) is 0. The Balaban J connectivity index is 2.27. The number of methoxy groups -OCH3 is 1. The summed E-state index contributed by atoms with van der Waals surface area (Å²) in [5.41, 5.74) is 0.556. The van der Waals surface area contributed by atoms with Gasteiger partial charge in [-0.25, -0.2) is 0 Å². The Kier molecular flexibility index (Phi) is 4.36. The first-order valence-corrected chi connectivity index (χ1v) is 6.72. The summed E-state index contributed by atoms with van der Waals surface area (Å²) in [6.45, 7) is 1.55. The van der Waals surface area contributed by atoms with Crippen LogP contribution < -0.4 is 4.74 Å². The molecule has 1 aromatic rings. The Morgan fingerprint density at radius 1 is 1.39 bits per heavy atom. The molecule has 3 nitrogen and oxygen atoms in total. The largest absolute Gasteiger partial charge is 0.496 e. The van der Waals surface area contributed by atoms with Crippen LogP contribution in [0.4, 0.5) is 0 Å². The van der Waals surface area contributed by atoms with Gasteiger partial charge in [-0.15, -0.1) is 11.6 Å². The summed E-state index contributed by atoms with van der Waals surface area (Å²) >= 11 is 12.4. The molecule has 0 N–H and O–H groups in total. The van der Waals surface area contributed by atoms with Crippen molar-refractivity contribution in [2.24, 2.45) is 0 Å². The van der Waals surface area contributed by atoms with E-state index in [1.165, 1.54) is 0 Å². The maximum absolute atomic E-state index is 12.2. The van der Waals surface area contributed by atoms with E-state index < -0.39 is 5.38 Å². The summed E-state index contributed by atoms with van der Waals surface area (Å²) in [5, 5.41) is -0.325. The Hall–Kier alpha value is -0.930. The van der Waals surface area contributed by atoms with Crippen molar-refractivity contribution in [3.63, 3.8) is 0 Å². The van der Waals surface area contributed by atoms with E-state index >= 15 is 0 Å². The zero-order valence-electron chi connectivity index (χ0n) is 10.2. The summed E-state index contributed by atoms with van der Waals surface area (Å²) < 4.78 is 5.22. The van der Waals surface area contributed by atoms with Crippen molar-refractivity contribution < 1.29 is 9.53 Å². The van der Waals surface area contributed by atoms with E-state index in [1.807, 2.05) is 0 Å². The molecule has 1 aromatic carbocycles. The third-order valence-electron chi connectivity index (χ3n) is 3.12. The van der Waals surface area contributed by atoms with Crippen molar-refractivity contribution in [1.29, 1.82) is 0 Å². The highest BCUT2D eigenvalue weighted by Gasteiger charge is 2.29. The van der Waals surface area contributed by atoms with Crippen molar-refractivity contribution in [1.82, 2.24) is 4.90 Å². The van der Waals surface area contributed by atoms with Gasteiger partial charge in [0.05, 0.1) is 7.11 Å². The third-order valence-corrected chi connectivity index (χ3v) is 3.86. The van der Waals surface area contributed by atoms with Crippen LogP contribution in [0.15, 0.2) is 18.2 Å². The van der Waals surface area contributed by atoms with E-state index in [0.717, 1.165) is 25.9 Å². The first-order chi connectivity index (χ1) is 8.65. The molecule has 5 heteroatoms. The number of amides is 1. The third kappa shape index (κ3) is 2.57. The van der Waals surface area contributed by atoms with Gasteiger partial charge in [-0.05, 0) is 25.0 Å². The van der Waals surface area contributed by atoms with Crippen molar-refractivity contribution in [3.05, 3.63) is 28.8 Å². The molecule has 1 aliphatic rings. The van der Waals surface area contributed by atoms with Crippen LogP contribution in [0.1, 0.15) is 23.8 Å². The van der Waals surface area contributed by atoms with E-state index in [-0.39, 0.29) is 5.91 Å². The van der Waals surface area contributed by atoms with Crippen LogP contribution in [0.3, 0.4) is 0 Å². The minimum atomic E-state index is -0.785. The molecule has 98 valence electrons. The smallest absolute Gasteiger partial charge is 0.245 e. The molecule has 0 bridgehead atoms. The number of nitrogens with zero attached hydrogens (tertiary/aromatic N) is 1. The minimum absolute atomic E-state index is 0.0967. The molecule has 1 unspecified atom stereocenters. The molecule has 1 heterocycles. The molecule has 0 radical (unpaired) electrons. The monoisotopic (exact) mass is 287 g/mol. The lowest BCUT2D eigenvalue weighted by atomic mass is 10.1. The van der Waals surface area contributed by atoms with Crippen molar-refractivity contribution in [2.75, 3.05) is 20.2 Å². The predicted molar refractivity (Wildman–Crippen MR) is 72.4 cm³/mol. The van der Waals surface area contributed by atoms with Crippen LogP contribution in [0.25, 0.3) is 0 Å². The second-order valence-corrected chi connectivity index (χ2v) is 5.09. The van der Waals surface area contributed by atoms with E-state index in [1.54, 1.807) is 30.2 Å². The zero-order valence-corrected chi connectivity index (χ0v) is 11.7. The van der Waals surface area contributed by atoms with Gasteiger partial charge in [0.25, 0.3) is 0 Å². The maximum Gasteiger partial charge on any atom is 0.245 e. The predicted octanol–water partition coefficient (Wildman–Crippen LogP) is 3.25. The van der Waals surface area contributed by atoms with Gasteiger partial charge < -0.3 is 9.64 Å². The average Bonchev–Trinajstić information content (AvgIpc) is 2.90. The molecule has 18 heavy (non-hydrogen) atoms. The maximum atomic E-state index is 12.2. The minimum Gasteiger partial charge on any atom is -0.496 e. The lowest BCUT2D eigenvalue weighted by Gasteiger charge is -2.21. The highest BCUT2D eigenvalue weighted by Crippen LogP contribution is 2.37. The first kappa shape index (κ1) is 13.5. The molecular weight excluding hydrogens is 273 g/mol. The van der Waals surface area contributed by atoms with Crippen LogP contribution in [0.5, 0.6) is 5.75 Å². The summed E-state index contributed by atoms with van der Waals surface area (Å²) in [5.74, 6) is 0.454. The number of hydrogen-bond acceptors (Lipinski definition) is 2. The first-order valence-electron chi connectivity index (χ1n) is 5.90. The van der Waals surface area contributed by atoms with E-state index in [4.69, 9.17) is 27.9 Å². The normalized spacial score (nSPS) is 16.7. The molecule has 1 amide bonds. The number of halogens is 2. The van der Waals surface area contributed by atoms with Gasteiger partial charge in [-0.2, -0.15) is 0 Å². The standard InChI is InChI=1S/C13H15Cl2NO2/c1-18-10-6-4-5-9(14)11(10)12(15)13(17)16-7-2-3-8-16/h4-6,12H,2-3,7-8H2,1H3. The number of benzene rings is 1. The highest BCUT2D eigenvalue weighted by molar-refractivity contribution is 6.36. The van der Waals surface area contributed by atoms with E-state index in [0.29, 0.717) is 16.3 Å². The quantitative estimate of drug-likeness (QED) is 0.799. The van der Waals surface area contributed by atoms with Crippen molar-refractivity contribution >= 4 is 29.1 Å². The lowest BCUT2D eigenvalue weighted by molar-refractivity contribution is -0.129. The molecule has 0 aliphatic carbocycles. The Morgan fingerprint density at radius 2 is 2.06 bits per heavy atom. The van der Waals surface area contributed by atoms with Crippen LogP contribution in [-0.4, -0.2) is 31.0 Å². The topological polar surface area (TPSA) is 29.5 Å². The van der Waals surface area contributed by atoms with Crippen LogP contribution in [0, 0.1) is 0 Å². The molecule has 1 fully saturated rings. The summed E-state index contributed by atoms with van der Waals surface area (Å²) in [6.07, 6.45) is 2.07. The molecule has 1 aliphatic heterocycles. The van der Waals surface area contributed by atoms with Gasteiger partial charge in [0, 0.05) is 23.7 Å². The summed E-state index contributed by atoms with van der Waals surface area (Å²) in [4.78, 5) is 14.0. The number of alkyl halides is 1. The number of likely N-dealkylation sites (tertiary alicyclic amines) is 1. The molecule has 0 saturated carbocycles. The lowest BCUT2D eigenvalue weighted by Crippen LogP contribution is -2.30. The fraction of sp³-hybridized carbons (Fsp3) is 0.462. The number of rotatable bonds is 3. The summed E-state index contributed by atoms with van der Waals surface area (Å²) in [7, 11) is 1.54. The van der Waals surface area contributed by atoms with Gasteiger partial charge in [0.2, 0.25) is 5.91 Å². The molecular formula is C13H15Cl2NO2. The fourth-order valence-corrected chi connectivity index (χ4v) is 2.86. The zero-order chi connectivity index (χ0) is 13.1. The molecule has 0 aromatic heterocycles. The molecule has 1 saturated heterocycles. The van der Waals surface area contributed by atoms with Gasteiger partial charge in [-0.1, -0.05) is 17.7 Å². The Labute approximate surface area is 117 Å². The van der Waals surface area contributed by atoms with E-state index in [9.17, 15) is 4.79 Å². The van der Waals surface area contributed by atoms with Crippen molar-refractivity contribution in [2.45, 2.75) is 18.2 Å². The van der Waals surface area contributed by atoms with Gasteiger partial charge in [0.1, 0.15) is 11.1 Å². The molecule has 0 spiro atoms. The van der Waals surface area contributed by atoms with Gasteiger partial charge in [-0.3, -0.25) is 4.79 Å². The Morgan fingerprint density at radius 3 is 2.67 bits per heavy atom. The number of ether oxygens (including phenoxy) is 1. The summed E-state index contributed by atoms with van der Waals surface area (Å²) in [6, 6.07) is 5.24. The van der Waals surface area contributed by atoms with Gasteiger partial charge in [0.15, 0.2) is 0 Å². The van der Waals surface area contributed by atoms with Crippen molar-refractivity contribution in [3.8, 4) is 5.75 Å². The van der Waals surface area contributed by atoms with Crippen LogP contribution in [-0.2, 0) is 4.79 Å². The Bertz CT molecular complexity index is 445. The second kappa shape index (κ2) is 5.81. The highest BCUT2D eigenvalue weighted by atomic mass is 35.5. The van der Waals surface area contributed by atoms with Crippen LogP contribution in [0.2, 0.25) is 5.02 Å². The van der Waals surface area contributed by atoms with E-state index in [2.05, 4.69) is 0 Å². The average molecular weight is 288 g/mol.